The van der Waals surface area contributed by atoms with Crippen molar-refractivity contribution in [3.05, 3.63) is 65.9 Å². The number of fused-ring (bicyclic) bond motifs is 3. The highest BCUT2D eigenvalue weighted by Gasteiger charge is 2.48. The van der Waals surface area contributed by atoms with Gasteiger partial charge in [0.2, 0.25) is 5.88 Å². The first-order chi connectivity index (χ1) is 16.7. The lowest BCUT2D eigenvalue weighted by Crippen LogP contribution is -2.42. The summed E-state index contributed by atoms with van der Waals surface area (Å²) < 4.78 is 20.9. The minimum Gasteiger partial charge on any atom is -0.474 e. The summed E-state index contributed by atoms with van der Waals surface area (Å²) in [6, 6.07) is 14.1. The van der Waals surface area contributed by atoms with Crippen LogP contribution in [0.3, 0.4) is 0 Å². The van der Waals surface area contributed by atoms with E-state index in [1.165, 1.54) is 0 Å². The van der Waals surface area contributed by atoms with Crippen LogP contribution in [-0.2, 0) is 15.9 Å². The Balaban J connectivity index is 1.30. The Kier molecular flexibility index (Phi) is 6.01. The zero-order valence-corrected chi connectivity index (χ0v) is 19.9. The van der Waals surface area contributed by atoms with E-state index in [2.05, 4.69) is 44.0 Å². The Morgan fingerprint density at radius 1 is 0.912 bits per heavy atom. The smallest absolute Gasteiger partial charge is 0.213 e. The van der Waals surface area contributed by atoms with E-state index in [1.807, 2.05) is 18.2 Å². The molecule has 6 rings (SSSR count). The minimum atomic E-state index is -0.930. The predicted molar refractivity (Wildman–Crippen MR) is 127 cm³/mol. The summed E-state index contributed by atoms with van der Waals surface area (Å²) in [5.41, 5.74) is 2.21. The molecule has 1 aromatic carbocycles. The first kappa shape index (κ1) is 22.0. The molecule has 2 fully saturated rings. The van der Waals surface area contributed by atoms with Crippen molar-refractivity contribution >= 4 is 11.6 Å². The first-order valence-electron chi connectivity index (χ1n) is 12.3. The monoisotopic (exact) mass is 480 g/mol. The fraction of sp³-hybridized carbons (Fsp3) is 0.500. The number of nitrogens with zero attached hydrogens (tertiary/aromatic N) is 4. The molecule has 8 heteroatoms. The van der Waals surface area contributed by atoms with Gasteiger partial charge in [0.15, 0.2) is 11.6 Å². The van der Waals surface area contributed by atoms with Crippen LogP contribution in [0.1, 0.15) is 67.0 Å². The highest BCUT2D eigenvalue weighted by Crippen LogP contribution is 2.46. The van der Waals surface area contributed by atoms with E-state index < -0.39 is 11.2 Å². The average molecular weight is 481 g/mol. The molecule has 1 aliphatic carbocycles. The molecule has 0 N–H and O–H groups in total. The fourth-order valence-corrected chi connectivity index (χ4v) is 5.77. The lowest BCUT2D eigenvalue weighted by molar-refractivity contribution is -0.227. The molecule has 0 bridgehead atoms. The molecule has 178 valence electrons. The Labute approximate surface area is 204 Å². The van der Waals surface area contributed by atoms with Crippen molar-refractivity contribution in [2.75, 3.05) is 13.2 Å². The molecular weight excluding hydrogens is 452 g/mol. The standard InChI is InChI=1S/C26H29ClN4O3/c27-23-25-30-29-24(18-10-12-20(13-11-18)34-22-9-3-4-14-28-22)31(25)21-8-2-1-7-19(21)17-26(23)32-15-5-6-16-33-26/h1-4,7-9,14,18,20,23H,5-6,10-13,15-17H2/t18-,20-,23?. The number of halogens is 1. The van der Waals surface area contributed by atoms with Crippen molar-refractivity contribution in [3.8, 4) is 11.6 Å². The van der Waals surface area contributed by atoms with Crippen molar-refractivity contribution in [2.24, 2.45) is 0 Å². The molecule has 1 atom stereocenters. The molecule has 3 aromatic rings. The molecule has 4 heterocycles. The van der Waals surface area contributed by atoms with Gasteiger partial charge in [0.05, 0.1) is 18.9 Å². The molecule has 0 amide bonds. The molecule has 2 aliphatic heterocycles. The number of pyridine rings is 1. The van der Waals surface area contributed by atoms with Crippen molar-refractivity contribution in [1.82, 2.24) is 19.7 Å². The van der Waals surface area contributed by atoms with Crippen LogP contribution in [0.4, 0.5) is 0 Å². The van der Waals surface area contributed by atoms with E-state index in [-0.39, 0.29) is 12.0 Å². The van der Waals surface area contributed by atoms with Gasteiger partial charge in [-0.15, -0.1) is 21.8 Å². The van der Waals surface area contributed by atoms with Crippen LogP contribution in [0.15, 0.2) is 48.7 Å². The lowest BCUT2D eigenvalue weighted by atomic mass is 9.86. The number of hydrogen-bond donors (Lipinski definition) is 0. The average Bonchev–Trinajstić information content (AvgIpc) is 3.12. The summed E-state index contributed by atoms with van der Waals surface area (Å²) in [6.07, 6.45) is 8.31. The normalized spacial score (nSPS) is 26.2. The van der Waals surface area contributed by atoms with Gasteiger partial charge in [-0.2, -0.15) is 0 Å². The van der Waals surface area contributed by atoms with Crippen LogP contribution in [0.5, 0.6) is 5.88 Å². The van der Waals surface area contributed by atoms with E-state index in [9.17, 15) is 0 Å². The van der Waals surface area contributed by atoms with Gasteiger partial charge in [0.1, 0.15) is 17.3 Å². The second-order valence-electron chi connectivity index (χ2n) is 9.40. The van der Waals surface area contributed by atoms with Crippen molar-refractivity contribution in [1.29, 1.82) is 0 Å². The quantitative estimate of drug-likeness (QED) is 0.484. The second kappa shape index (κ2) is 9.29. The zero-order valence-electron chi connectivity index (χ0n) is 19.1. The van der Waals surface area contributed by atoms with Gasteiger partial charge in [-0.25, -0.2) is 4.98 Å². The Bertz CT molecular complexity index is 1120. The lowest BCUT2D eigenvalue weighted by Gasteiger charge is -2.34. The van der Waals surface area contributed by atoms with Gasteiger partial charge in [0, 0.05) is 24.6 Å². The van der Waals surface area contributed by atoms with Crippen LogP contribution in [0.25, 0.3) is 5.69 Å². The van der Waals surface area contributed by atoms with E-state index in [0.717, 1.165) is 55.6 Å². The third kappa shape index (κ3) is 4.00. The number of hydrogen-bond acceptors (Lipinski definition) is 6. The zero-order chi connectivity index (χ0) is 23.0. The Morgan fingerprint density at radius 3 is 2.41 bits per heavy atom. The van der Waals surface area contributed by atoms with Gasteiger partial charge < -0.3 is 14.2 Å². The molecule has 1 saturated heterocycles. The summed E-state index contributed by atoms with van der Waals surface area (Å²) in [4.78, 5) is 4.30. The number of aromatic nitrogens is 4. The summed E-state index contributed by atoms with van der Waals surface area (Å²) >= 11 is 7.12. The predicted octanol–water partition coefficient (Wildman–Crippen LogP) is 5.13. The Hall–Kier alpha value is -2.48. The van der Waals surface area contributed by atoms with Crippen LogP contribution in [-0.4, -0.2) is 44.9 Å². The third-order valence-corrected chi connectivity index (χ3v) is 7.72. The number of rotatable bonds is 3. The van der Waals surface area contributed by atoms with Gasteiger partial charge >= 0.3 is 0 Å². The maximum absolute atomic E-state index is 7.12. The molecule has 2 aromatic heterocycles. The van der Waals surface area contributed by atoms with Crippen LogP contribution < -0.4 is 4.74 Å². The minimum absolute atomic E-state index is 0.168. The molecule has 34 heavy (non-hydrogen) atoms. The number of para-hydroxylation sites is 1. The van der Waals surface area contributed by atoms with Crippen LogP contribution in [0, 0.1) is 0 Å². The van der Waals surface area contributed by atoms with Gasteiger partial charge in [-0.05, 0) is 56.2 Å². The van der Waals surface area contributed by atoms with Crippen molar-refractivity contribution in [2.45, 2.75) is 68.1 Å². The maximum Gasteiger partial charge on any atom is 0.213 e. The highest BCUT2D eigenvalue weighted by atomic mass is 35.5. The summed E-state index contributed by atoms with van der Waals surface area (Å²) in [7, 11) is 0. The van der Waals surface area contributed by atoms with Gasteiger partial charge in [0.25, 0.3) is 0 Å². The Morgan fingerprint density at radius 2 is 1.65 bits per heavy atom. The number of ether oxygens (including phenoxy) is 3. The third-order valence-electron chi connectivity index (χ3n) is 7.19. The topological polar surface area (TPSA) is 71.3 Å². The molecule has 0 radical (unpaired) electrons. The number of alkyl halides is 1. The number of benzene rings is 1. The molecule has 7 nitrogen and oxygen atoms in total. The molecule has 1 unspecified atom stereocenters. The second-order valence-corrected chi connectivity index (χ2v) is 9.83. The van der Waals surface area contributed by atoms with Crippen LogP contribution in [0.2, 0.25) is 0 Å². The summed E-state index contributed by atoms with van der Waals surface area (Å²) in [5, 5.41) is 8.75. The van der Waals surface area contributed by atoms with Gasteiger partial charge in [-0.3, -0.25) is 4.57 Å². The maximum atomic E-state index is 7.12. The molecule has 1 spiro atoms. The largest absolute Gasteiger partial charge is 0.474 e. The molecule has 1 saturated carbocycles. The van der Waals surface area contributed by atoms with E-state index in [0.29, 0.717) is 31.3 Å². The van der Waals surface area contributed by atoms with E-state index >= 15 is 0 Å². The van der Waals surface area contributed by atoms with E-state index in [4.69, 9.17) is 25.8 Å². The van der Waals surface area contributed by atoms with Crippen LogP contribution >= 0.6 is 11.6 Å². The van der Waals surface area contributed by atoms with Crippen molar-refractivity contribution in [3.63, 3.8) is 0 Å². The summed E-state index contributed by atoms with van der Waals surface area (Å²) in [6.45, 7) is 1.26. The molecular formula is C26H29ClN4O3. The van der Waals surface area contributed by atoms with E-state index in [1.54, 1.807) is 6.20 Å². The van der Waals surface area contributed by atoms with Crippen molar-refractivity contribution < 1.29 is 14.2 Å². The highest BCUT2D eigenvalue weighted by molar-refractivity contribution is 6.21. The molecule has 3 aliphatic rings. The SMILES string of the molecule is ClC1c2nnc([C@H]3CC[C@H](Oc4ccccn4)CC3)n2-c2ccccc2CC12OCCCCO2. The fourth-order valence-electron chi connectivity index (χ4n) is 5.43. The first-order valence-corrected chi connectivity index (χ1v) is 12.7. The summed E-state index contributed by atoms with van der Waals surface area (Å²) in [5.74, 6) is 1.72. The van der Waals surface area contributed by atoms with Gasteiger partial charge in [-0.1, -0.05) is 24.3 Å².